The van der Waals surface area contributed by atoms with Gasteiger partial charge in [-0.05, 0) is 0 Å². The van der Waals surface area contributed by atoms with Gasteiger partial charge >= 0.3 is 5.66 Å². The number of carboxylic acids is 1. The van der Waals surface area contributed by atoms with Gasteiger partial charge in [0.2, 0.25) is 5.97 Å². The molecular weight excluding hydrogens is 160 g/mol. The number of carbonyl (C=O) groups is 1. The van der Waals surface area contributed by atoms with Gasteiger partial charge in [0.15, 0.2) is 0 Å². The van der Waals surface area contributed by atoms with Crippen LogP contribution in [0.1, 0.15) is 6.92 Å². The number of hydrogen-bond donors (Lipinski definition) is 0. The highest BCUT2D eigenvalue weighted by Crippen LogP contribution is 2.07. The van der Waals surface area contributed by atoms with Crippen molar-refractivity contribution in [3.63, 3.8) is 0 Å². The van der Waals surface area contributed by atoms with Crippen molar-refractivity contribution in [1.29, 1.82) is 0 Å². The van der Waals surface area contributed by atoms with E-state index in [0.717, 1.165) is 0 Å². The van der Waals surface area contributed by atoms with E-state index in [2.05, 4.69) is 0 Å². The van der Waals surface area contributed by atoms with Crippen molar-refractivity contribution < 1.29 is 19.7 Å². The summed E-state index contributed by atoms with van der Waals surface area (Å²) in [7, 11) is 0. The average molecular weight is 163 g/mol. The molecule has 0 bridgehead atoms. The summed E-state index contributed by atoms with van der Waals surface area (Å²) in [6.45, 7) is 0.350. The van der Waals surface area contributed by atoms with Gasteiger partial charge in [0.05, 0.1) is 6.92 Å². The number of hydrogen-bond acceptors (Lipinski definition) is 6. The summed E-state index contributed by atoms with van der Waals surface area (Å²) in [5.41, 5.74) is -3.25. The number of carboxylic acid groups (broad SMARTS) is 1. The smallest absolute Gasteiger partial charge is 0.495 e. The number of nitrogens with zero attached hydrogens (tertiary/aromatic N) is 2. The lowest BCUT2D eigenvalue weighted by molar-refractivity contribution is -0.779. The van der Waals surface area contributed by atoms with Gasteiger partial charge in [-0.3, -0.25) is 20.2 Å². The number of aliphatic carboxylic acids is 1. The molecule has 0 aliphatic rings. The van der Waals surface area contributed by atoms with E-state index in [1.807, 2.05) is 0 Å². The Hall–Kier alpha value is -1.73. The third kappa shape index (κ3) is 1.23. The maximum absolute atomic E-state index is 9.91. The molecule has 0 fully saturated rings. The Morgan fingerprint density at radius 1 is 1.27 bits per heavy atom. The van der Waals surface area contributed by atoms with Gasteiger partial charge < -0.3 is 9.90 Å². The fourth-order valence-electron chi connectivity index (χ4n) is 0.216. The Bertz CT molecular complexity index is 186. The van der Waals surface area contributed by atoms with Crippen molar-refractivity contribution in [3.05, 3.63) is 20.2 Å². The topological polar surface area (TPSA) is 126 Å². The molecule has 0 saturated carbocycles. The second-order valence-electron chi connectivity index (χ2n) is 1.82. The van der Waals surface area contributed by atoms with Gasteiger partial charge in [-0.1, -0.05) is 0 Å². The highest BCUT2D eigenvalue weighted by atomic mass is 16.7. The molecule has 0 aromatic carbocycles. The van der Waals surface area contributed by atoms with Crippen LogP contribution >= 0.6 is 0 Å². The molecule has 8 nitrogen and oxygen atoms in total. The van der Waals surface area contributed by atoms with E-state index in [1.54, 1.807) is 0 Å². The second kappa shape index (κ2) is 2.48. The minimum Gasteiger partial charge on any atom is -0.538 e. The lowest BCUT2D eigenvalue weighted by Crippen LogP contribution is -2.57. The summed E-state index contributed by atoms with van der Waals surface area (Å²) in [6.07, 6.45) is 0. The zero-order valence-electron chi connectivity index (χ0n) is 5.34. The van der Waals surface area contributed by atoms with Crippen LogP contribution in [-0.2, 0) is 4.79 Å². The third-order valence-corrected chi connectivity index (χ3v) is 1.10. The Kier molecular flexibility index (Phi) is 2.09. The number of rotatable bonds is 3. The summed E-state index contributed by atoms with van der Waals surface area (Å²) >= 11 is 0. The average Bonchev–Trinajstić information content (AvgIpc) is 1.84. The predicted octanol–water partition coefficient (Wildman–Crippen LogP) is -1.99. The Balaban J connectivity index is 4.99. The van der Waals surface area contributed by atoms with Crippen LogP contribution in [0.15, 0.2) is 0 Å². The molecule has 0 atom stereocenters. The first kappa shape index (κ1) is 9.27. The molecule has 0 saturated heterocycles. The lowest BCUT2D eigenvalue weighted by Gasteiger charge is -2.11. The summed E-state index contributed by atoms with van der Waals surface area (Å²) in [5.74, 6) is -2.34. The minimum absolute atomic E-state index is 0.350. The molecule has 11 heavy (non-hydrogen) atoms. The summed E-state index contributed by atoms with van der Waals surface area (Å²) in [4.78, 5) is 26.6. The first-order valence-electron chi connectivity index (χ1n) is 2.34. The number of carbonyl (C=O) groups excluding carboxylic acids is 1. The number of nitro groups is 2. The van der Waals surface area contributed by atoms with Crippen LogP contribution < -0.4 is 5.11 Å². The molecule has 0 spiro atoms. The Morgan fingerprint density at radius 2 is 1.55 bits per heavy atom. The highest BCUT2D eigenvalue weighted by Gasteiger charge is 2.52. The van der Waals surface area contributed by atoms with Gasteiger partial charge in [-0.15, -0.1) is 0 Å². The fourth-order valence-corrected chi connectivity index (χ4v) is 0.216. The van der Waals surface area contributed by atoms with Crippen LogP contribution in [0, 0.1) is 20.2 Å². The molecule has 0 aliphatic carbocycles. The van der Waals surface area contributed by atoms with Crippen LogP contribution in [0.2, 0.25) is 0 Å². The van der Waals surface area contributed by atoms with Crippen molar-refractivity contribution in [2.75, 3.05) is 0 Å². The molecule has 8 heteroatoms. The molecule has 0 amide bonds. The van der Waals surface area contributed by atoms with Gasteiger partial charge in [0, 0.05) is 0 Å². The van der Waals surface area contributed by atoms with Gasteiger partial charge in [0.1, 0.15) is 9.85 Å². The molecule has 0 aromatic heterocycles. The van der Waals surface area contributed by atoms with Crippen LogP contribution in [0.5, 0.6) is 0 Å². The highest BCUT2D eigenvalue weighted by molar-refractivity contribution is 5.71. The maximum atomic E-state index is 9.91. The predicted molar refractivity (Wildman–Crippen MR) is 27.4 cm³/mol. The maximum Gasteiger partial charge on any atom is 0.495 e. The summed E-state index contributed by atoms with van der Waals surface area (Å²) in [5, 5.41) is 29.6. The van der Waals surface area contributed by atoms with Gasteiger partial charge in [0.25, 0.3) is 0 Å². The standard InChI is InChI=1S/C3H4N2O6/c1-3(2(6)7,4(8)9)5(10)11/h1H3,(H,6,7)/p-1. The largest absolute Gasteiger partial charge is 0.538 e. The summed E-state index contributed by atoms with van der Waals surface area (Å²) in [6, 6.07) is 0. The van der Waals surface area contributed by atoms with E-state index in [4.69, 9.17) is 0 Å². The summed E-state index contributed by atoms with van der Waals surface area (Å²) < 4.78 is 0. The molecule has 0 aromatic rings. The molecule has 0 N–H and O–H groups in total. The molecule has 0 radical (unpaired) electrons. The normalized spacial score (nSPS) is 10.6. The zero-order valence-corrected chi connectivity index (χ0v) is 5.34. The van der Waals surface area contributed by atoms with E-state index in [-0.39, 0.29) is 0 Å². The minimum atomic E-state index is -3.25. The molecule has 62 valence electrons. The van der Waals surface area contributed by atoms with E-state index < -0.39 is 21.5 Å². The molecule has 0 rings (SSSR count). The van der Waals surface area contributed by atoms with Crippen molar-refractivity contribution in [1.82, 2.24) is 0 Å². The first-order chi connectivity index (χ1) is 4.83. The fraction of sp³-hybridized carbons (Fsp3) is 0.667. The molecular formula is C3H3N2O6-. The Morgan fingerprint density at radius 3 is 1.55 bits per heavy atom. The van der Waals surface area contributed by atoms with E-state index in [1.165, 1.54) is 0 Å². The van der Waals surface area contributed by atoms with Gasteiger partial charge in [-0.2, -0.15) is 0 Å². The van der Waals surface area contributed by atoms with Crippen molar-refractivity contribution in [2.45, 2.75) is 12.6 Å². The molecule has 0 aliphatic heterocycles. The van der Waals surface area contributed by atoms with Crippen LogP contribution in [0.25, 0.3) is 0 Å². The second-order valence-corrected chi connectivity index (χ2v) is 1.82. The van der Waals surface area contributed by atoms with E-state index in [9.17, 15) is 30.1 Å². The van der Waals surface area contributed by atoms with E-state index >= 15 is 0 Å². The monoisotopic (exact) mass is 163 g/mol. The molecule has 0 unspecified atom stereocenters. The molecule has 0 heterocycles. The van der Waals surface area contributed by atoms with Crippen LogP contribution in [-0.4, -0.2) is 21.5 Å². The van der Waals surface area contributed by atoms with Crippen molar-refractivity contribution in [2.24, 2.45) is 0 Å². The third-order valence-electron chi connectivity index (χ3n) is 1.10. The van der Waals surface area contributed by atoms with E-state index in [0.29, 0.717) is 6.92 Å². The van der Waals surface area contributed by atoms with Gasteiger partial charge in [-0.25, -0.2) is 0 Å². The quantitative estimate of drug-likeness (QED) is 0.269. The van der Waals surface area contributed by atoms with Crippen molar-refractivity contribution >= 4 is 5.97 Å². The van der Waals surface area contributed by atoms with Crippen LogP contribution in [0.4, 0.5) is 0 Å². The SMILES string of the molecule is CC(C(=O)[O-])([N+](=O)[O-])[N+](=O)[O-]. The first-order valence-corrected chi connectivity index (χ1v) is 2.34. The lowest BCUT2D eigenvalue weighted by atomic mass is 10.2. The van der Waals surface area contributed by atoms with Crippen LogP contribution in [0.3, 0.4) is 0 Å². The zero-order chi connectivity index (χ0) is 9.23. The Labute approximate surface area is 59.7 Å². The van der Waals surface area contributed by atoms with Crippen molar-refractivity contribution in [3.8, 4) is 0 Å².